The van der Waals surface area contributed by atoms with Crippen molar-refractivity contribution in [3.05, 3.63) is 65.5 Å². The molecule has 28 heavy (non-hydrogen) atoms. The first-order valence-corrected chi connectivity index (χ1v) is 9.80. The fourth-order valence-electron chi connectivity index (χ4n) is 3.22. The van der Waals surface area contributed by atoms with E-state index in [0.717, 1.165) is 44.8 Å². The Morgan fingerprint density at radius 3 is 2.21 bits per heavy atom. The second-order valence-corrected chi connectivity index (χ2v) is 7.05. The average molecular weight is 385 g/mol. The van der Waals surface area contributed by atoms with E-state index in [4.69, 9.17) is 4.74 Å². The van der Waals surface area contributed by atoms with Gasteiger partial charge in [-0.1, -0.05) is 31.2 Å². The first-order valence-electron chi connectivity index (χ1n) is 9.80. The summed E-state index contributed by atoms with van der Waals surface area (Å²) < 4.78 is 18.2. The van der Waals surface area contributed by atoms with Crippen molar-refractivity contribution in [3.63, 3.8) is 0 Å². The maximum absolute atomic E-state index is 12.8. The molecule has 0 bridgehead atoms. The highest BCUT2D eigenvalue weighted by atomic mass is 19.1. The molecule has 1 saturated heterocycles. The van der Waals surface area contributed by atoms with E-state index >= 15 is 0 Å². The Morgan fingerprint density at radius 2 is 1.57 bits per heavy atom. The molecule has 0 atom stereocenters. The largest absolute Gasteiger partial charge is 0.484 e. The number of carbonyl (C=O) groups is 1. The SMILES string of the molecule is CCN1CCN(Cc2ccc(CNC(=O)COc3ccc(F)cc3)cc2)CC1. The third kappa shape index (κ3) is 6.32. The summed E-state index contributed by atoms with van der Waals surface area (Å²) in [5, 5.41) is 2.84. The zero-order valence-electron chi connectivity index (χ0n) is 16.4. The molecule has 0 saturated carbocycles. The van der Waals surface area contributed by atoms with E-state index in [1.807, 2.05) is 0 Å². The van der Waals surface area contributed by atoms with Gasteiger partial charge in [-0.25, -0.2) is 4.39 Å². The van der Waals surface area contributed by atoms with Crippen molar-refractivity contribution in [3.8, 4) is 5.75 Å². The number of carbonyl (C=O) groups excluding carboxylic acids is 1. The lowest BCUT2D eigenvalue weighted by atomic mass is 10.1. The van der Waals surface area contributed by atoms with E-state index in [9.17, 15) is 9.18 Å². The molecule has 0 aromatic heterocycles. The van der Waals surface area contributed by atoms with Crippen molar-refractivity contribution in [1.82, 2.24) is 15.1 Å². The smallest absolute Gasteiger partial charge is 0.258 e. The Balaban J connectivity index is 1.38. The van der Waals surface area contributed by atoms with Gasteiger partial charge in [0.1, 0.15) is 11.6 Å². The maximum atomic E-state index is 12.8. The van der Waals surface area contributed by atoms with Crippen LogP contribution in [-0.2, 0) is 17.9 Å². The average Bonchev–Trinajstić information content (AvgIpc) is 2.73. The molecule has 1 aliphatic rings. The Bertz CT molecular complexity index is 741. The zero-order valence-corrected chi connectivity index (χ0v) is 16.4. The maximum Gasteiger partial charge on any atom is 0.258 e. The monoisotopic (exact) mass is 385 g/mol. The number of piperazine rings is 1. The van der Waals surface area contributed by atoms with Crippen LogP contribution in [0.15, 0.2) is 48.5 Å². The van der Waals surface area contributed by atoms with E-state index < -0.39 is 0 Å². The minimum Gasteiger partial charge on any atom is -0.484 e. The normalized spacial score (nSPS) is 15.4. The minimum absolute atomic E-state index is 0.0898. The molecule has 2 aromatic carbocycles. The molecule has 0 radical (unpaired) electrons. The van der Waals surface area contributed by atoms with Crippen LogP contribution in [0.4, 0.5) is 4.39 Å². The Labute approximate surface area is 166 Å². The lowest BCUT2D eigenvalue weighted by Gasteiger charge is -2.34. The summed E-state index contributed by atoms with van der Waals surface area (Å²) in [5.74, 6) is -0.0636. The van der Waals surface area contributed by atoms with Crippen molar-refractivity contribution in [1.29, 1.82) is 0 Å². The number of hydrogen-bond acceptors (Lipinski definition) is 4. The molecule has 150 valence electrons. The van der Waals surface area contributed by atoms with Gasteiger partial charge in [0.2, 0.25) is 0 Å². The van der Waals surface area contributed by atoms with Gasteiger partial charge in [-0.15, -0.1) is 0 Å². The summed E-state index contributed by atoms with van der Waals surface area (Å²) in [6.07, 6.45) is 0. The van der Waals surface area contributed by atoms with Gasteiger partial charge in [-0.05, 0) is 41.9 Å². The molecule has 3 rings (SSSR count). The Morgan fingerprint density at radius 1 is 0.964 bits per heavy atom. The fraction of sp³-hybridized carbons (Fsp3) is 0.409. The summed E-state index contributed by atoms with van der Waals surface area (Å²) in [6.45, 7) is 9.18. The third-order valence-electron chi connectivity index (χ3n) is 5.01. The first-order chi connectivity index (χ1) is 13.6. The molecule has 1 amide bonds. The fourth-order valence-corrected chi connectivity index (χ4v) is 3.22. The summed E-state index contributed by atoms with van der Waals surface area (Å²) in [5.41, 5.74) is 2.34. The molecule has 6 heteroatoms. The van der Waals surface area contributed by atoms with Crippen LogP contribution in [0.5, 0.6) is 5.75 Å². The molecule has 2 aromatic rings. The van der Waals surface area contributed by atoms with Gasteiger partial charge in [0.15, 0.2) is 6.61 Å². The number of hydrogen-bond donors (Lipinski definition) is 1. The molecule has 0 aliphatic carbocycles. The van der Waals surface area contributed by atoms with Gasteiger partial charge in [0.05, 0.1) is 0 Å². The quantitative estimate of drug-likeness (QED) is 0.759. The lowest BCUT2D eigenvalue weighted by Crippen LogP contribution is -2.45. The van der Waals surface area contributed by atoms with Crippen LogP contribution >= 0.6 is 0 Å². The second kappa shape index (κ2) is 10.2. The predicted molar refractivity (Wildman–Crippen MR) is 108 cm³/mol. The molecule has 1 aliphatic heterocycles. The number of nitrogens with one attached hydrogen (secondary N) is 1. The highest BCUT2D eigenvalue weighted by Gasteiger charge is 2.15. The van der Waals surface area contributed by atoms with Gasteiger partial charge >= 0.3 is 0 Å². The van der Waals surface area contributed by atoms with Crippen molar-refractivity contribution in [2.75, 3.05) is 39.3 Å². The topological polar surface area (TPSA) is 44.8 Å². The molecule has 0 spiro atoms. The number of rotatable bonds is 8. The van der Waals surface area contributed by atoms with Crippen LogP contribution in [0, 0.1) is 5.82 Å². The lowest BCUT2D eigenvalue weighted by molar-refractivity contribution is -0.123. The van der Waals surface area contributed by atoms with Gasteiger partial charge in [-0.2, -0.15) is 0 Å². The minimum atomic E-state index is -0.330. The predicted octanol–water partition coefficient (Wildman–Crippen LogP) is 2.66. The number of benzene rings is 2. The van der Waals surface area contributed by atoms with Crippen LogP contribution in [-0.4, -0.2) is 55.0 Å². The molecule has 0 unspecified atom stereocenters. The molecule has 1 N–H and O–H groups in total. The summed E-state index contributed by atoms with van der Waals surface area (Å²) in [7, 11) is 0. The van der Waals surface area contributed by atoms with Crippen LogP contribution in [0.1, 0.15) is 18.1 Å². The first kappa shape index (κ1) is 20.3. The number of likely N-dealkylation sites (N-methyl/N-ethyl adjacent to an activating group) is 1. The highest BCUT2D eigenvalue weighted by molar-refractivity contribution is 5.77. The van der Waals surface area contributed by atoms with Gasteiger partial charge in [0.25, 0.3) is 5.91 Å². The van der Waals surface area contributed by atoms with Crippen LogP contribution in [0.3, 0.4) is 0 Å². The number of ether oxygens (including phenoxy) is 1. The second-order valence-electron chi connectivity index (χ2n) is 7.05. The van der Waals surface area contributed by atoms with E-state index in [2.05, 4.69) is 46.3 Å². The zero-order chi connectivity index (χ0) is 19.8. The molecule has 5 nitrogen and oxygen atoms in total. The van der Waals surface area contributed by atoms with E-state index in [0.29, 0.717) is 12.3 Å². The van der Waals surface area contributed by atoms with E-state index in [-0.39, 0.29) is 18.3 Å². The number of nitrogens with zero attached hydrogens (tertiary/aromatic N) is 2. The molecule has 1 fully saturated rings. The molecule has 1 heterocycles. The van der Waals surface area contributed by atoms with Gasteiger partial charge < -0.3 is 15.0 Å². The standard InChI is InChI=1S/C22H28FN3O2/c1-2-25-11-13-26(14-12-25)16-19-5-3-18(4-6-19)15-24-22(27)17-28-21-9-7-20(23)8-10-21/h3-10H,2,11-17H2,1H3,(H,24,27). The summed E-state index contributed by atoms with van der Waals surface area (Å²) >= 11 is 0. The number of halogens is 1. The summed E-state index contributed by atoms with van der Waals surface area (Å²) in [4.78, 5) is 16.9. The van der Waals surface area contributed by atoms with Crippen molar-refractivity contribution < 1.29 is 13.9 Å². The summed E-state index contributed by atoms with van der Waals surface area (Å²) in [6, 6.07) is 14.0. The number of amides is 1. The van der Waals surface area contributed by atoms with E-state index in [1.165, 1.54) is 29.8 Å². The van der Waals surface area contributed by atoms with Crippen LogP contribution in [0.25, 0.3) is 0 Å². The third-order valence-corrected chi connectivity index (χ3v) is 5.01. The van der Waals surface area contributed by atoms with Crippen LogP contribution in [0.2, 0.25) is 0 Å². The Kier molecular flexibility index (Phi) is 7.39. The van der Waals surface area contributed by atoms with Gasteiger partial charge in [0, 0.05) is 39.3 Å². The highest BCUT2D eigenvalue weighted by Crippen LogP contribution is 2.12. The van der Waals surface area contributed by atoms with Crippen LogP contribution < -0.4 is 10.1 Å². The van der Waals surface area contributed by atoms with Crippen molar-refractivity contribution in [2.45, 2.75) is 20.0 Å². The molecular weight excluding hydrogens is 357 g/mol. The molecular formula is C22H28FN3O2. The Hall–Kier alpha value is -2.44. The van der Waals surface area contributed by atoms with E-state index in [1.54, 1.807) is 0 Å². The van der Waals surface area contributed by atoms with Gasteiger partial charge in [-0.3, -0.25) is 9.69 Å². The van der Waals surface area contributed by atoms with Crippen molar-refractivity contribution in [2.24, 2.45) is 0 Å². The van der Waals surface area contributed by atoms with Crippen molar-refractivity contribution >= 4 is 5.91 Å².